The molecule has 1 aliphatic rings. The van der Waals surface area contributed by atoms with Crippen LogP contribution in [0.2, 0.25) is 0 Å². The maximum absolute atomic E-state index is 13.0. The predicted octanol–water partition coefficient (Wildman–Crippen LogP) is 7.00. The summed E-state index contributed by atoms with van der Waals surface area (Å²) >= 11 is 0. The van der Waals surface area contributed by atoms with Crippen molar-refractivity contribution in [3.63, 3.8) is 0 Å². The van der Waals surface area contributed by atoms with Gasteiger partial charge in [-0.1, -0.05) is 77.9 Å². The second kappa shape index (κ2) is 11.7. The molecule has 0 spiro atoms. The number of rotatable bonds is 12. The molecule has 4 rings (SSSR count). The molecule has 0 saturated carbocycles. The molecular weight excluding hydrogens is 502 g/mol. The molecular formula is C34H39NO5. The second-order valence-corrected chi connectivity index (χ2v) is 11.6. The lowest BCUT2D eigenvalue weighted by molar-refractivity contribution is 0.0624. The van der Waals surface area contributed by atoms with Crippen LogP contribution < -0.4 is 9.47 Å². The van der Waals surface area contributed by atoms with Gasteiger partial charge < -0.3 is 9.47 Å². The van der Waals surface area contributed by atoms with Crippen molar-refractivity contribution in [2.45, 2.75) is 65.2 Å². The average Bonchev–Trinajstić information content (AvgIpc) is 3.20. The number of benzene rings is 3. The van der Waals surface area contributed by atoms with Gasteiger partial charge in [-0.2, -0.15) is 0 Å². The first kappa shape index (κ1) is 29.1. The molecule has 6 nitrogen and oxygen atoms in total. The molecule has 2 amide bonds. The largest absolute Gasteiger partial charge is 0.490 e. The number of hydrogen-bond acceptors (Lipinski definition) is 5. The van der Waals surface area contributed by atoms with Crippen LogP contribution in [-0.2, 0) is 10.8 Å². The normalized spacial score (nSPS) is 13.4. The van der Waals surface area contributed by atoms with Crippen molar-refractivity contribution in [2.75, 3.05) is 19.8 Å². The molecule has 3 aromatic carbocycles. The van der Waals surface area contributed by atoms with Crippen LogP contribution in [0.15, 0.2) is 66.7 Å². The predicted molar refractivity (Wildman–Crippen MR) is 157 cm³/mol. The number of amides is 2. The van der Waals surface area contributed by atoms with Crippen LogP contribution in [0.4, 0.5) is 0 Å². The Morgan fingerprint density at radius 1 is 0.750 bits per heavy atom. The monoisotopic (exact) mass is 541 g/mol. The van der Waals surface area contributed by atoms with Crippen molar-refractivity contribution in [3.8, 4) is 11.5 Å². The molecule has 40 heavy (non-hydrogen) atoms. The first-order valence-electron chi connectivity index (χ1n) is 14.0. The molecule has 0 atom stereocenters. The van der Waals surface area contributed by atoms with E-state index in [1.54, 1.807) is 48.5 Å². The van der Waals surface area contributed by atoms with Gasteiger partial charge in [0.2, 0.25) is 0 Å². The van der Waals surface area contributed by atoms with Gasteiger partial charge in [0.05, 0.1) is 17.7 Å². The maximum atomic E-state index is 13.0. The SMILES string of the molecule is CCC(C)(C)c1ccc(OCCOc2cccc(C(=O)CN3C(=O)c4ccccc4C3=O)c2)c(C(C)(C)CC)c1. The van der Waals surface area contributed by atoms with Crippen molar-refractivity contribution in [1.82, 2.24) is 4.90 Å². The van der Waals surface area contributed by atoms with Gasteiger partial charge in [-0.25, -0.2) is 0 Å². The van der Waals surface area contributed by atoms with Crippen molar-refractivity contribution in [2.24, 2.45) is 0 Å². The maximum Gasteiger partial charge on any atom is 0.261 e. The van der Waals surface area contributed by atoms with E-state index < -0.39 is 11.8 Å². The summed E-state index contributed by atoms with van der Waals surface area (Å²) in [6, 6.07) is 19.9. The number of carbonyl (C=O) groups excluding carboxylic acids is 3. The zero-order valence-electron chi connectivity index (χ0n) is 24.4. The zero-order valence-corrected chi connectivity index (χ0v) is 24.4. The molecule has 0 aliphatic carbocycles. The third kappa shape index (κ3) is 5.96. The first-order chi connectivity index (χ1) is 19.0. The number of ketones is 1. The molecule has 0 fully saturated rings. The molecule has 0 radical (unpaired) electrons. The minimum atomic E-state index is -0.449. The number of fused-ring (bicyclic) bond motifs is 1. The molecule has 6 heteroatoms. The summed E-state index contributed by atoms with van der Waals surface area (Å²) in [5.41, 5.74) is 3.56. The summed E-state index contributed by atoms with van der Waals surface area (Å²) in [7, 11) is 0. The quantitative estimate of drug-likeness (QED) is 0.140. The number of hydrogen-bond donors (Lipinski definition) is 0. The van der Waals surface area contributed by atoms with Gasteiger partial charge in [-0.15, -0.1) is 0 Å². The highest BCUT2D eigenvalue weighted by Gasteiger charge is 2.36. The van der Waals surface area contributed by atoms with E-state index >= 15 is 0 Å². The van der Waals surface area contributed by atoms with Crippen molar-refractivity contribution < 1.29 is 23.9 Å². The van der Waals surface area contributed by atoms with Gasteiger partial charge in [-0.05, 0) is 59.6 Å². The Kier molecular flexibility index (Phi) is 8.48. The molecule has 0 unspecified atom stereocenters. The molecule has 0 aromatic heterocycles. The van der Waals surface area contributed by atoms with Crippen LogP contribution >= 0.6 is 0 Å². The lowest BCUT2D eigenvalue weighted by Crippen LogP contribution is -2.34. The van der Waals surface area contributed by atoms with E-state index in [1.165, 1.54) is 11.1 Å². The number of carbonyl (C=O) groups is 3. The van der Waals surface area contributed by atoms with Crippen LogP contribution in [0, 0.1) is 0 Å². The lowest BCUT2D eigenvalue weighted by atomic mass is 9.76. The highest BCUT2D eigenvalue weighted by Crippen LogP contribution is 2.38. The third-order valence-electron chi connectivity index (χ3n) is 8.20. The third-order valence-corrected chi connectivity index (χ3v) is 8.20. The molecule has 210 valence electrons. The summed E-state index contributed by atoms with van der Waals surface area (Å²) in [5.74, 6) is 0.144. The Hall–Kier alpha value is -3.93. The molecule has 0 saturated heterocycles. The highest BCUT2D eigenvalue weighted by molar-refractivity contribution is 6.23. The fourth-order valence-electron chi connectivity index (χ4n) is 4.69. The van der Waals surface area contributed by atoms with Gasteiger partial charge in [-0.3, -0.25) is 19.3 Å². The van der Waals surface area contributed by atoms with E-state index in [4.69, 9.17) is 9.47 Å². The van der Waals surface area contributed by atoms with Gasteiger partial charge in [0.1, 0.15) is 24.7 Å². The molecule has 3 aromatic rings. The van der Waals surface area contributed by atoms with Crippen LogP contribution in [0.3, 0.4) is 0 Å². The van der Waals surface area contributed by atoms with E-state index in [2.05, 4.69) is 59.7 Å². The number of Topliss-reactive ketones (excluding diaryl/α,β-unsaturated/α-hetero) is 1. The second-order valence-electron chi connectivity index (χ2n) is 11.6. The van der Waals surface area contributed by atoms with E-state index in [1.807, 2.05) is 0 Å². The number of ether oxygens (including phenoxy) is 2. The molecule has 0 bridgehead atoms. The molecule has 1 aliphatic heterocycles. The van der Waals surface area contributed by atoms with Crippen LogP contribution in [0.1, 0.15) is 96.6 Å². The van der Waals surface area contributed by atoms with Crippen molar-refractivity contribution >= 4 is 17.6 Å². The van der Waals surface area contributed by atoms with E-state index in [0.29, 0.717) is 35.7 Å². The van der Waals surface area contributed by atoms with Crippen LogP contribution in [-0.4, -0.2) is 42.3 Å². The Labute approximate surface area is 237 Å². The average molecular weight is 542 g/mol. The van der Waals surface area contributed by atoms with Crippen LogP contribution in [0.25, 0.3) is 0 Å². The lowest BCUT2D eigenvalue weighted by Gasteiger charge is -2.30. The minimum absolute atomic E-state index is 0.0375. The standard InChI is InChI=1S/C34H39NO5/c1-7-33(3,4)24-16-17-30(28(21-24)34(5,6)8-2)40-19-18-39-25-13-11-12-23(20-25)29(36)22-35-31(37)26-14-9-10-15-27(26)32(35)38/h9-17,20-21H,7-8,18-19,22H2,1-6H3. The van der Waals surface area contributed by atoms with E-state index in [0.717, 1.165) is 23.5 Å². The molecule has 1 heterocycles. The topological polar surface area (TPSA) is 72.9 Å². The summed E-state index contributed by atoms with van der Waals surface area (Å²) in [6.07, 6.45) is 2.03. The van der Waals surface area contributed by atoms with Gasteiger partial charge in [0.15, 0.2) is 5.78 Å². The summed E-state index contributed by atoms with van der Waals surface area (Å²) in [5, 5.41) is 0. The van der Waals surface area contributed by atoms with Crippen molar-refractivity contribution in [1.29, 1.82) is 0 Å². The number of nitrogens with zero attached hydrogens (tertiary/aromatic N) is 1. The summed E-state index contributed by atoms with van der Waals surface area (Å²) < 4.78 is 12.1. The first-order valence-corrected chi connectivity index (χ1v) is 14.0. The fourth-order valence-corrected chi connectivity index (χ4v) is 4.69. The Morgan fingerprint density at radius 3 is 2.00 bits per heavy atom. The zero-order chi connectivity index (χ0) is 29.1. The molecule has 0 N–H and O–H groups in total. The Balaban J connectivity index is 1.38. The van der Waals surface area contributed by atoms with Gasteiger partial charge in [0, 0.05) is 11.1 Å². The minimum Gasteiger partial charge on any atom is -0.490 e. The van der Waals surface area contributed by atoms with E-state index in [-0.39, 0.29) is 23.2 Å². The Bertz CT molecular complexity index is 1390. The number of imide groups is 1. The smallest absolute Gasteiger partial charge is 0.261 e. The highest BCUT2D eigenvalue weighted by atomic mass is 16.5. The summed E-state index contributed by atoms with van der Waals surface area (Å²) in [6.45, 7) is 13.7. The summed E-state index contributed by atoms with van der Waals surface area (Å²) in [4.78, 5) is 39.2. The van der Waals surface area contributed by atoms with Crippen molar-refractivity contribution in [3.05, 3.63) is 94.5 Å². The Morgan fingerprint density at radius 2 is 1.38 bits per heavy atom. The fraction of sp³-hybridized carbons (Fsp3) is 0.382. The van der Waals surface area contributed by atoms with Gasteiger partial charge in [0.25, 0.3) is 11.8 Å². The van der Waals surface area contributed by atoms with Gasteiger partial charge >= 0.3 is 0 Å². The van der Waals surface area contributed by atoms with E-state index in [9.17, 15) is 14.4 Å². The van der Waals surface area contributed by atoms with Crippen LogP contribution in [0.5, 0.6) is 11.5 Å².